The van der Waals surface area contributed by atoms with Crippen LogP contribution in [0.15, 0.2) is 12.3 Å². The van der Waals surface area contributed by atoms with Gasteiger partial charge in [0.25, 0.3) is 0 Å². The van der Waals surface area contributed by atoms with Gasteiger partial charge in [0.1, 0.15) is 15.4 Å². The minimum Gasteiger partial charge on any atom is -0.478 e. The molecule has 0 bridgehead atoms. The van der Waals surface area contributed by atoms with Crippen LogP contribution in [0.4, 0.5) is 5.69 Å². The van der Waals surface area contributed by atoms with Crippen LogP contribution in [0.1, 0.15) is 16.1 Å². The van der Waals surface area contributed by atoms with Crippen molar-refractivity contribution in [1.29, 1.82) is 0 Å². The number of hydrogen-bond donors (Lipinski definition) is 1. The molecule has 0 aliphatic heterocycles. The van der Waals surface area contributed by atoms with E-state index in [1.165, 1.54) is 6.20 Å². The number of aromatic nitrogens is 1. The molecule has 1 N–H and O–H groups in total. The van der Waals surface area contributed by atoms with Gasteiger partial charge in [0.05, 0.1) is 11.4 Å². The summed E-state index contributed by atoms with van der Waals surface area (Å²) < 4.78 is 22.2. The summed E-state index contributed by atoms with van der Waals surface area (Å²) in [4.78, 5) is 16.6. The molecule has 0 radical (unpaired) electrons. The zero-order chi connectivity index (χ0) is 13.9. The van der Waals surface area contributed by atoms with Gasteiger partial charge in [0.15, 0.2) is 0 Å². The molecule has 0 aliphatic carbocycles. The van der Waals surface area contributed by atoms with E-state index in [2.05, 4.69) is 4.98 Å². The number of rotatable bonds is 5. The molecule has 0 aliphatic rings. The minimum atomic E-state index is -3.08. The quantitative estimate of drug-likeness (QED) is 0.843. The fourth-order valence-corrected chi connectivity index (χ4v) is 2.05. The third-order valence-corrected chi connectivity index (χ3v) is 3.38. The van der Waals surface area contributed by atoms with Crippen molar-refractivity contribution in [3.05, 3.63) is 23.5 Å². The number of anilines is 1. The van der Waals surface area contributed by atoms with Crippen molar-refractivity contribution in [2.24, 2.45) is 0 Å². The molecule has 0 unspecified atom stereocenters. The van der Waals surface area contributed by atoms with Gasteiger partial charge in [0.2, 0.25) is 0 Å². The average molecular weight is 272 g/mol. The fraction of sp³-hybridized carbons (Fsp3) is 0.455. The highest BCUT2D eigenvalue weighted by Crippen LogP contribution is 2.19. The maximum absolute atomic E-state index is 11.1. The summed E-state index contributed by atoms with van der Waals surface area (Å²) in [5.74, 6) is -1.10. The van der Waals surface area contributed by atoms with Crippen molar-refractivity contribution in [2.75, 3.05) is 30.5 Å². The molecule has 0 fully saturated rings. The average Bonchev–Trinajstić information content (AvgIpc) is 2.24. The van der Waals surface area contributed by atoms with Crippen LogP contribution in [0.5, 0.6) is 0 Å². The van der Waals surface area contributed by atoms with Gasteiger partial charge >= 0.3 is 5.97 Å². The van der Waals surface area contributed by atoms with Gasteiger partial charge in [-0.3, -0.25) is 4.98 Å². The second-order valence-electron chi connectivity index (χ2n) is 4.20. The topological polar surface area (TPSA) is 87.6 Å². The molecular weight excluding hydrogens is 256 g/mol. The van der Waals surface area contributed by atoms with Crippen LogP contribution < -0.4 is 4.90 Å². The van der Waals surface area contributed by atoms with Gasteiger partial charge in [-0.05, 0) is 13.0 Å². The second kappa shape index (κ2) is 5.34. The normalized spacial score (nSPS) is 11.3. The van der Waals surface area contributed by atoms with Gasteiger partial charge in [-0.1, -0.05) is 0 Å². The summed E-state index contributed by atoms with van der Waals surface area (Å²) in [5.41, 5.74) is 1.22. The van der Waals surface area contributed by atoms with E-state index in [0.29, 0.717) is 11.4 Å². The molecule has 18 heavy (non-hydrogen) atoms. The number of aryl methyl sites for hydroxylation is 1. The zero-order valence-corrected chi connectivity index (χ0v) is 11.4. The number of carboxylic acid groups (broad SMARTS) is 1. The van der Waals surface area contributed by atoms with Crippen molar-refractivity contribution >= 4 is 21.5 Å². The van der Waals surface area contributed by atoms with E-state index in [4.69, 9.17) is 5.11 Å². The molecule has 1 heterocycles. The van der Waals surface area contributed by atoms with Crippen molar-refractivity contribution in [3.63, 3.8) is 0 Å². The molecule has 7 heteroatoms. The first-order valence-electron chi connectivity index (χ1n) is 5.29. The molecule has 0 saturated heterocycles. The number of aromatic carboxylic acids is 1. The SMILES string of the molecule is Cc1cc(N(C)CCS(C)(=O)=O)c(C(=O)O)cn1. The van der Waals surface area contributed by atoms with Gasteiger partial charge in [0, 0.05) is 31.7 Å². The number of nitrogens with zero attached hydrogens (tertiary/aromatic N) is 2. The molecule has 1 rings (SSSR count). The smallest absolute Gasteiger partial charge is 0.339 e. The molecule has 0 aromatic carbocycles. The van der Waals surface area contributed by atoms with Gasteiger partial charge in [-0.15, -0.1) is 0 Å². The van der Waals surface area contributed by atoms with E-state index in [-0.39, 0.29) is 17.9 Å². The predicted molar refractivity (Wildman–Crippen MR) is 68.9 cm³/mol. The summed E-state index contributed by atoms with van der Waals surface area (Å²) in [7, 11) is -1.42. The Morgan fingerprint density at radius 3 is 2.61 bits per heavy atom. The fourth-order valence-electron chi connectivity index (χ4n) is 1.45. The van der Waals surface area contributed by atoms with Crippen molar-refractivity contribution in [2.45, 2.75) is 6.92 Å². The maximum Gasteiger partial charge on any atom is 0.339 e. The Bertz CT molecular complexity index is 554. The largest absolute Gasteiger partial charge is 0.478 e. The Hall–Kier alpha value is -1.63. The Labute approximate surface area is 106 Å². The summed E-state index contributed by atoms with van der Waals surface area (Å²) in [5, 5.41) is 9.05. The number of pyridine rings is 1. The molecule has 0 atom stereocenters. The van der Waals surface area contributed by atoms with Crippen molar-refractivity contribution in [3.8, 4) is 0 Å². The Balaban J connectivity index is 3.00. The highest BCUT2D eigenvalue weighted by molar-refractivity contribution is 7.90. The zero-order valence-electron chi connectivity index (χ0n) is 10.5. The van der Waals surface area contributed by atoms with Crippen LogP contribution in [0.25, 0.3) is 0 Å². The number of sulfone groups is 1. The first kappa shape index (κ1) is 14.4. The predicted octanol–water partition coefficient (Wildman–Crippen LogP) is 0.569. The van der Waals surface area contributed by atoms with E-state index < -0.39 is 15.8 Å². The molecule has 0 saturated carbocycles. The number of carboxylic acids is 1. The Morgan fingerprint density at radius 2 is 2.11 bits per heavy atom. The molecule has 0 amide bonds. The number of hydrogen-bond acceptors (Lipinski definition) is 5. The van der Waals surface area contributed by atoms with Gasteiger partial charge < -0.3 is 10.0 Å². The minimum absolute atomic E-state index is 0.0239. The highest BCUT2D eigenvalue weighted by atomic mass is 32.2. The van der Waals surface area contributed by atoms with E-state index in [0.717, 1.165) is 6.26 Å². The third-order valence-electron chi connectivity index (χ3n) is 2.46. The summed E-state index contributed by atoms with van der Waals surface area (Å²) in [6.07, 6.45) is 2.43. The first-order chi connectivity index (χ1) is 8.20. The molecule has 6 nitrogen and oxygen atoms in total. The molecule has 0 spiro atoms. The van der Waals surface area contributed by atoms with Crippen LogP contribution in [0.2, 0.25) is 0 Å². The van der Waals surface area contributed by atoms with Crippen LogP contribution in [-0.4, -0.2) is 50.1 Å². The summed E-state index contributed by atoms with van der Waals surface area (Å²) in [6, 6.07) is 1.63. The summed E-state index contributed by atoms with van der Waals surface area (Å²) in [6.45, 7) is 1.99. The van der Waals surface area contributed by atoms with Crippen LogP contribution >= 0.6 is 0 Å². The maximum atomic E-state index is 11.1. The first-order valence-corrected chi connectivity index (χ1v) is 7.35. The monoisotopic (exact) mass is 272 g/mol. The van der Waals surface area contributed by atoms with Gasteiger partial charge in [-0.2, -0.15) is 0 Å². The summed E-state index contributed by atoms with van der Waals surface area (Å²) >= 11 is 0. The molecular formula is C11H16N2O4S. The van der Waals surface area contributed by atoms with Gasteiger partial charge in [-0.25, -0.2) is 13.2 Å². The van der Waals surface area contributed by atoms with Crippen LogP contribution in [-0.2, 0) is 9.84 Å². The van der Waals surface area contributed by atoms with E-state index >= 15 is 0 Å². The Morgan fingerprint density at radius 1 is 1.50 bits per heavy atom. The molecule has 1 aromatic rings. The molecule has 1 aromatic heterocycles. The van der Waals surface area contributed by atoms with E-state index in [9.17, 15) is 13.2 Å². The lowest BCUT2D eigenvalue weighted by molar-refractivity contribution is 0.0697. The van der Waals surface area contributed by atoms with Crippen molar-refractivity contribution < 1.29 is 18.3 Å². The number of carbonyl (C=O) groups is 1. The highest BCUT2D eigenvalue weighted by Gasteiger charge is 2.15. The van der Waals surface area contributed by atoms with Crippen LogP contribution in [0.3, 0.4) is 0 Å². The lowest BCUT2D eigenvalue weighted by atomic mass is 10.2. The van der Waals surface area contributed by atoms with Crippen molar-refractivity contribution in [1.82, 2.24) is 4.98 Å². The lowest BCUT2D eigenvalue weighted by Crippen LogP contribution is -2.26. The standard InChI is InChI=1S/C11H16N2O4S/c1-8-6-10(9(7-12-8)11(14)15)13(2)4-5-18(3,16)17/h6-7H,4-5H2,1-3H3,(H,14,15). The van der Waals surface area contributed by atoms with E-state index in [1.54, 1.807) is 24.9 Å². The lowest BCUT2D eigenvalue weighted by Gasteiger charge is -2.20. The Kier molecular flexibility index (Phi) is 4.28. The second-order valence-corrected chi connectivity index (χ2v) is 6.46. The molecule has 100 valence electrons. The van der Waals surface area contributed by atoms with E-state index in [1.807, 2.05) is 0 Å². The van der Waals surface area contributed by atoms with Crippen LogP contribution in [0, 0.1) is 6.92 Å². The third kappa shape index (κ3) is 3.99.